The van der Waals surface area contributed by atoms with Crippen molar-refractivity contribution in [1.29, 1.82) is 0 Å². The van der Waals surface area contributed by atoms with Crippen LogP contribution in [0.5, 0.6) is 5.75 Å². The van der Waals surface area contributed by atoms with Crippen LogP contribution in [-0.4, -0.2) is 27.9 Å². The number of H-pyrrole nitrogens is 1. The van der Waals surface area contributed by atoms with Crippen LogP contribution >= 0.6 is 11.6 Å². The number of carbonyl (C=O) groups is 1. The van der Waals surface area contributed by atoms with Gasteiger partial charge in [0.25, 0.3) is 5.91 Å². The summed E-state index contributed by atoms with van der Waals surface area (Å²) in [6, 6.07) is 5.16. The van der Waals surface area contributed by atoms with Gasteiger partial charge in [-0.25, -0.2) is 0 Å². The highest BCUT2D eigenvalue weighted by Gasteiger charge is 2.19. The molecule has 1 amide bonds. The number of hydrogen-bond donors (Lipinski definition) is 2. The van der Waals surface area contributed by atoms with E-state index in [1.54, 1.807) is 18.2 Å². The average Bonchev–Trinajstić information content (AvgIpc) is 2.94. The molecule has 0 atom stereocenters. The van der Waals surface area contributed by atoms with Gasteiger partial charge in [-0.05, 0) is 24.6 Å². The number of aromatic nitrogens is 3. The van der Waals surface area contributed by atoms with Gasteiger partial charge in [-0.3, -0.25) is 4.79 Å². The van der Waals surface area contributed by atoms with Crippen molar-refractivity contribution in [3.05, 3.63) is 28.9 Å². The molecule has 6 nitrogen and oxygen atoms in total. The quantitative estimate of drug-likeness (QED) is 0.769. The number of amides is 1. The first-order chi connectivity index (χ1) is 10.1. The van der Waals surface area contributed by atoms with E-state index in [0.717, 1.165) is 19.3 Å². The maximum atomic E-state index is 11.4. The first kappa shape index (κ1) is 15.3. The number of aromatic amines is 1. The Hall–Kier alpha value is -2.08. The number of primary amides is 1. The predicted molar refractivity (Wildman–Crippen MR) is 80.4 cm³/mol. The largest absolute Gasteiger partial charge is 0.493 e. The number of nitrogens with one attached hydrogen (secondary N) is 1. The monoisotopic (exact) mass is 308 g/mol. The van der Waals surface area contributed by atoms with Crippen LogP contribution in [0.2, 0.25) is 5.02 Å². The Labute approximate surface area is 127 Å². The lowest BCUT2D eigenvalue weighted by Crippen LogP contribution is -2.13. The molecule has 2 rings (SSSR count). The molecule has 7 heteroatoms. The Morgan fingerprint density at radius 2 is 2.19 bits per heavy atom. The van der Waals surface area contributed by atoms with Crippen molar-refractivity contribution < 1.29 is 9.53 Å². The summed E-state index contributed by atoms with van der Waals surface area (Å²) in [6.45, 7) is 2.72. The molecule has 21 heavy (non-hydrogen) atoms. The SMILES string of the molecule is CCCCCOc1ccc(Cl)cc1-c1n[nH]nc1C(N)=O. The minimum Gasteiger partial charge on any atom is -0.493 e. The van der Waals surface area contributed by atoms with Crippen LogP contribution in [0.1, 0.15) is 36.7 Å². The summed E-state index contributed by atoms with van der Waals surface area (Å²) in [4.78, 5) is 11.4. The first-order valence-electron chi connectivity index (χ1n) is 6.76. The van der Waals surface area contributed by atoms with Crippen molar-refractivity contribution in [3.63, 3.8) is 0 Å². The van der Waals surface area contributed by atoms with Gasteiger partial charge in [-0.15, -0.1) is 0 Å². The lowest BCUT2D eigenvalue weighted by atomic mass is 10.1. The highest BCUT2D eigenvalue weighted by Crippen LogP contribution is 2.32. The van der Waals surface area contributed by atoms with E-state index in [1.807, 2.05) is 0 Å². The fourth-order valence-electron chi connectivity index (χ4n) is 1.94. The Kier molecular flexibility index (Phi) is 5.16. The molecule has 0 saturated heterocycles. The third kappa shape index (κ3) is 3.72. The minimum atomic E-state index is -0.657. The van der Waals surface area contributed by atoms with Crippen LogP contribution in [-0.2, 0) is 0 Å². The molecule has 0 aliphatic rings. The van der Waals surface area contributed by atoms with Crippen LogP contribution in [0, 0.1) is 0 Å². The second kappa shape index (κ2) is 7.08. The van der Waals surface area contributed by atoms with Gasteiger partial charge in [0.05, 0.1) is 6.61 Å². The molecule has 0 unspecified atom stereocenters. The maximum absolute atomic E-state index is 11.4. The molecular formula is C14H17ClN4O2. The van der Waals surface area contributed by atoms with Gasteiger partial charge < -0.3 is 10.5 Å². The van der Waals surface area contributed by atoms with E-state index >= 15 is 0 Å². The zero-order chi connectivity index (χ0) is 15.2. The second-order valence-corrected chi connectivity index (χ2v) is 5.02. The molecule has 1 aromatic carbocycles. The number of benzene rings is 1. The molecule has 0 fully saturated rings. The minimum absolute atomic E-state index is 0.0654. The number of halogens is 1. The van der Waals surface area contributed by atoms with E-state index in [1.165, 1.54) is 0 Å². The molecule has 0 aliphatic carbocycles. The molecule has 0 radical (unpaired) electrons. The Morgan fingerprint density at radius 1 is 1.38 bits per heavy atom. The van der Waals surface area contributed by atoms with Gasteiger partial charge in [0.2, 0.25) is 0 Å². The van der Waals surface area contributed by atoms with Gasteiger partial charge in [-0.1, -0.05) is 31.4 Å². The number of nitrogens with two attached hydrogens (primary N) is 1. The van der Waals surface area contributed by atoms with Crippen LogP contribution in [0.4, 0.5) is 0 Å². The lowest BCUT2D eigenvalue weighted by Gasteiger charge is -2.10. The number of ether oxygens (including phenoxy) is 1. The number of hydrogen-bond acceptors (Lipinski definition) is 4. The van der Waals surface area contributed by atoms with Crippen molar-refractivity contribution in [2.24, 2.45) is 5.73 Å². The molecule has 1 heterocycles. The van der Waals surface area contributed by atoms with Crippen LogP contribution < -0.4 is 10.5 Å². The third-order valence-electron chi connectivity index (χ3n) is 2.98. The van der Waals surface area contributed by atoms with Gasteiger partial charge in [-0.2, -0.15) is 15.4 Å². The smallest absolute Gasteiger partial charge is 0.271 e. The lowest BCUT2D eigenvalue weighted by molar-refractivity contribution is 0.0996. The fraction of sp³-hybridized carbons (Fsp3) is 0.357. The molecular weight excluding hydrogens is 292 g/mol. The van der Waals surface area contributed by atoms with Crippen molar-refractivity contribution in [2.45, 2.75) is 26.2 Å². The van der Waals surface area contributed by atoms with E-state index in [0.29, 0.717) is 28.6 Å². The molecule has 3 N–H and O–H groups in total. The standard InChI is InChI=1S/C14H17ClN4O2/c1-2-3-4-7-21-11-6-5-9(15)8-10(11)12-13(14(16)20)18-19-17-12/h5-6,8H,2-4,7H2,1H3,(H2,16,20)(H,17,18,19). The summed E-state index contributed by atoms with van der Waals surface area (Å²) >= 11 is 6.02. The fourth-order valence-corrected chi connectivity index (χ4v) is 2.11. The van der Waals surface area contributed by atoms with Crippen molar-refractivity contribution in [3.8, 4) is 17.0 Å². The van der Waals surface area contributed by atoms with E-state index in [9.17, 15) is 4.79 Å². The highest BCUT2D eigenvalue weighted by atomic mass is 35.5. The molecule has 0 bridgehead atoms. The van der Waals surface area contributed by atoms with Crippen LogP contribution in [0.15, 0.2) is 18.2 Å². The van der Waals surface area contributed by atoms with Crippen molar-refractivity contribution >= 4 is 17.5 Å². The van der Waals surface area contributed by atoms with Crippen LogP contribution in [0.3, 0.4) is 0 Å². The van der Waals surface area contributed by atoms with Gasteiger partial charge in [0.1, 0.15) is 11.4 Å². The second-order valence-electron chi connectivity index (χ2n) is 4.58. The molecule has 0 aliphatic heterocycles. The first-order valence-corrected chi connectivity index (χ1v) is 7.14. The Morgan fingerprint density at radius 3 is 2.90 bits per heavy atom. The maximum Gasteiger partial charge on any atom is 0.271 e. The summed E-state index contributed by atoms with van der Waals surface area (Å²) in [6.07, 6.45) is 3.17. The number of unbranched alkanes of at least 4 members (excludes halogenated alkanes) is 2. The Bertz CT molecular complexity index is 627. The summed E-state index contributed by atoms with van der Waals surface area (Å²) in [5.74, 6) is -0.0532. The van der Waals surface area contributed by atoms with Gasteiger partial charge in [0.15, 0.2) is 5.69 Å². The number of carbonyl (C=O) groups excluding carboxylic acids is 1. The van der Waals surface area contributed by atoms with Crippen molar-refractivity contribution in [1.82, 2.24) is 15.4 Å². The van der Waals surface area contributed by atoms with Gasteiger partial charge in [0, 0.05) is 10.6 Å². The van der Waals surface area contributed by atoms with Crippen molar-refractivity contribution in [2.75, 3.05) is 6.61 Å². The zero-order valence-electron chi connectivity index (χ0n) is 11.7. The van der Waals surface area contributed by atoms with Crippen LogP contribution in [0.25, 0.3) is 11.3 Å². The molecule has 1 aromatic heterocycles. The third-order valence-corrected chi connectivity index (χ3v) is 3.22. The summed E-state index contributed by atoms with van der Waals surface area (Å²) in [5.41, 5.74) is 6.30. The normalized spacial score (nSPS) is 10.6. The summed E-state index contributed by atoms with van der Waals surface area (Å²) in [5, 5.41) is 10.7. The van der Waals surface area contributed by atoms with E-state index < -0.39 is 5.91 Å². The van der Waals surface area contributed by atoms with E-state index in [2.05, 4.69) is 22.3 Å². The molecule has 112 valence electrons. The molecule has 2 aromatic rings. The summed E-state index contributed by atoms with van der Waals surface area (Å²) < 4.78 is 5.76. The molecule has 0 saturated carbocycles. The van der Waals surface area contributed by atoms with Gasteiger partial charge >= 0.3 is 0 Å². The highest BCUT2D eigenvalue weighted by molar-refractivity contribution is 6.31. The average molecular weight is 309 g/mol. The summed E-state index contributed by atoms with van der Waals surface area (Å²) in [7, 11) is 0. The number of nitrogens with zero attached hydrogens (tertiary/aromatic N) is 2. The number of rotatable bonds is 7. The predicted octanol–water partition coefficient (Wildman–Crippen LogP) is 2.79. The zero-order valence-corrected chi connectivity index (χ0v) is 12.5. The van der Waals surface area contributed by atoms with E-state index in [4.69, 9.17) is 22.1 Å². The molecule has 0 spiro atoms. The topological polar surface area (TPSA) is 93.9 Å². The Balaban J connectivity index is 2.30. The van der Waals surface area contributed by atoms with E-state index in [-0.39, 0.29) is 5.69 Å².